The summed E-state index contributed by atoms with van der Waals surface area (Å²) in [4.78, 5) is 20.2. The molecular formula is C14H14N4O2S. The van der Waals surface area contributed by atoms with Gasteiger partial charge in [-0.25, -0.2) is 4.98 Å². The van der Waals surface area contributed by atoms with Gasteiger partial charge in [-0.3, -0.25) is 9.78 Å². The first-order valence-electron chi connectivity index (χ1n) is 6.13. The van der Waals surface area contributed by atoms with Crippen molar-refractivity contribution >= 4 is 23.1 Å². The van der Waals surface area contributed by atoms with Gasteiger partial charge >= 0.3 is 0 Å². The molecule has 0 unspecified atom stereocenters. The smallest absolute Gasteiger partial charge is 0.270 e. The van der Waals surface area contributed by atoms with Crippen molar-refractivity contribution < 1.29 is 9.53 Å². The van der Waals surface area contributed by atoms with E-state index >= 15 is 0 Å². The molecule has 0 aliphatic rings. The highest BCUT2D eigenvalue weighted by Crippen LogP contribution is 2.08. The number of amides is 1. The van der Waals surface area contributed by atoms with E-state index in [1.54, 1.807) is 30.5 Å². The first kappa shape index (κ1) is 14.9. The quantitative estimate of drug-likeness (QED) is 0.802. The average molecular weight is 302 g/mol. The van der Waals surface area contributed by atoms with E-state index in [-0.39, 0.29) is 10.9 Å². The second-order valence-corrected chi connectivity index (χ2v) is 4.63. The minimum atomic E-state index is -0.278. The number of pyridine rings is 2. The van der Waals surface area contributed by atoms with Gasteiger partial charge < -0.3 is 15.8 Å². The number of carbonyl (C=O) groups is 1. The Balaban J connectivity index is 1.99. The lowest BCUT2D eigenvalue weighted by Crippen LogP contribution is -2.24. The first-order chi connectivity index (χ1) is 10.1. The number of carbonyl (C=O) groups excluding carboxylic acids is 1. The van der Waals surface area contributed by atoms with Gasteiger partial charge in [0.05, 0.1) is 7.11 Å². The fourth-order valence-corrected chi connectivity index (χ4v) is 1.74. The van der Waals surface area contributed by atoms with E-state index in [2.05, 4.69) is 15.3 Å². The molecule has 2 aromatic heterocycles. The maximum absolute atomic E-state index is 12.0. The fraction of sp³-hybridized carbons (Fsp3) is 0.143. The van der Waals surface area contributed by atoms with Gasteiger partial charge in [-0.15, -0.1) is 0 Å². The highest BCUT2D eigenvalue weighted by atomic mass is 32.1. The van der Waals surface area contributed by atoms with Crippen LogP contribution in [0, 0.1) is 0 Å². The lowest BCUT2D eigenvalue weighted by atomic mass is 10.2. The Labute approximate surface area is 127 Å². The van der Waals surface area contributed by atoms with E-state index in [0.717, 1.165) is 5.56 Å². The summed E-state index contributed by atoms with van der Waals surface area (Å²) in [6.07, 6.45) is 3.10. The van der Waals surface area contributed by atoms with Crippen LogP contribution in [0.25, 0.3) is 0 Å². The lowest BCUT2D eigenvalue weighted by molar-refractivity contribution is 0.0946. The van der Waals surface area contributed by atoms with Gasteiger partial charge in [-0.05, 0) is 23.8 Å². The summed E-state index contributed by atoms with van der Waals surface area (Å²) in [5.74, 6) is 0.223. The van der Waals surface area contributed by atoms with Crippen molar-refractivity contribution in [2.45, 2.75) is 6.54 Å². The van der Waals surface area contributed by atoms with Gasteiger partial charge in [0.25, 0.3) is 5.91 Å². The molecule has 0 spiro atoms. The number of nitrogens with one attached hydrogen (secondary N) is 1. The highest BCUT2D eigenvalue weighted by molar-refractivity contribution is 7.80. The molecule has 21 heavy (non-hydrogen) atoms. The van der Waals surface area contributed by atoms with Crippen LogP contribution in [-0.4, -0.2) is 28.0 Å². The van der Waals surface area contributed by atoms with Gasteiger partial charge in [0.2, 0.25) is 5.88 Å². The molecule has 0 aliphatic carbocycles. The molecule has 0 fully saturated rings. The number of aromatic nitrogens is 2. The highest BCUT2D eigenvalue weighted by Gasteiger charge is 2.08. The second kappa shape index (κ2) is 6.76. The molecule has 7 heteroatoms. The first-order valence-corrected chi connectivity index (χ1v) is 6.54. The Bertz CT molecular complexity index is 658. The number of methoxy groups -OCH3 is 1. The third-order valence-corrected chi connectivity index (χ3v) is 2.98. The van der Waals surface area contributed by atoms with Crippen LogP contribution in [0.3, 0.4) is 0 Å². The SMILES string of the molecule is COc1cc(CNC(=O)c2ccc(C(N)=S)cn2)ccn1. The van der Waals surface area contributed by atoms with Crippen molar-refractivity contribution in [2.75, 3.05) is 7.11 Å². The summed E-state index contributed by atoms with van der Waals surface area (Å²) in [6, 6.07) is 6.80. The number of thiocarbonyl (C=S) groups is 1. The van der Waals surface area contributed by atoms with Crippen LogP contribution >= 0.6 is 12.2 Å². The van der Waals surface area contributed by atoms with E-state index in [1.165, 1.54) is 13.3 Å². The van der Waals surface area contributed by atoms with Crippen molar-refractivity contribution in [1.29, 1.82) is 0 Å². The monoisotopic (exact) mass is 302 g/mol. The molecule has 0 aliphatic heterocycles. The normalized spacial score (nSPS) is 9.95. The van der Waals surface area contributed by atoms with Crippen LogP contribution in [0.2, 0.25) is 0 Å². The summed E-state index contributed by atoms with van der Waals surface area (Å²) in [5, 5.41) is 2.77. The summed E-state index contributed by atoms with van der Waals surface area (Å²) in [5.41, 5.74) is 7.29. The number of ether oxygens (including phenoxy) is 1. The van der Waals surface area contributed by atoms with Crippen molar-refractivity contribution in [3.05, 3.63) is 53.5 Å². The summed E-state index contributed by atoms with van der Waals surface area (Å²) in [7, 11) is 1.54. The van der Waals surface area contributed by atoms with E-state index in [0.29, 0.717) is 23.7 Å². The van der Waals surface area contributed by atoms with Gasteiger partial charge in [-0.1, -0.05) is 12.2 Å². The van der Waals surface area contributed by atoms with Crippen molar-refractivity contribution in [1.82, 2.24) is 15.3 Å². The van der Waals surface area contributed by atoms with Crippen LogP contribution in [0.1, 0.15) is 21.6 Å². The molecule has 0 radical (unpaired) electrons. The van der Waals surface area contributed by atoms with Crippen LogP contribution in [0.15, 0.2) is 36.7 Å². The average Bonchev–Trinajstić information content (AvgIpc) is 2.53. The van der Waals surface area contributed by atoms with E-state index < -0.39 is 0 Å². The van der Waals surface area contributed by atoms with Crippen molar-refractivity contribution in [3.8, 4) is 5.88 Å². The molecule has 0 atom stereocenters. The summed E-state index contributed by atoms with van der Waals surface area (Å²) in [6.45, 7) is 0.358. The second-order valence-electron chi connectivity index (χ2n) is 4.19. The maximum Gasteiger partial charge on any atom is 0.270 e. The molecule has 6 nitrogen and oxygen atoms in total. The molecule has 0 aromatic carbocycles. The van der Waals surface area contributed by atoms with Gasteiger partial charge in [0, 0.05) is 30.6 Å². The Hall–Kier alpha value is -2.54. The van der Waals surface area contributed by atoms with Gasteiger partial charge in [-0.2, -0.15) is 0 Å². The van der Waals surface area contributed by atoms with Crippen molar-refractivity contribution in [2.24, 2.45) is 5.73 Å². The predicted octanol–water partition coefficient (Wildman–Crippen LogP) is 1.05. The zero-order valence-corrected chi connectivity index (χ0v) is 12.2. The Morgan fingerprint density at radius 1 is 1.38 bits per heavy atom. The molecule has 0 bridgehead atoms. The number of nitrogens with zero attached hydrogens (tertiary/aromatic N) is 2. The van der Waals surface area contributed by atoms with Crippen LogP contribution in [0.5, 0.6) is 5.88 Å². The number of hydrogen-bond acceptors (Lipinski definition) is 5. The largest absolute Gasteiger partial charge is 0.481 e. The van der Waals surface area contributed by atoms with E-state index in [9.17, 15) is 4.79 Å². The Morgan fingerprint density at radius 3 is 2.81 bits per heavy atom. The third kappa shape index (κ3) is 3.96. The van der Waals surface area contributed by atoms with E-state index in [1.807, 2.05) is 0 Å². The van der Waals surface area contributed by atoms with Crippen LogP contribution in [0.4, 0.5) is 0 Å². The zero-order valence-electron chi connectivity index (χ0n) is 11.4. The van der Waals surface area contributed by atoms with E-state index in [4.69, 9.17) is 22.7 Å². The standard InChI is InChI=1S/C14H14N4O2S/c1-20-12-6-9(4-5-16-12)7-18-14(19)11-3-2-10(8-17-11)13(15)21/h2-6,8H,7H2,1H3,(H2,15,21)(H,18,19). The molecule has 1 amide bonds. The van der Waals surface area contributed by atoms with Crippen LogP contribution < -0.4 is 15.8 Å². The Morgan fingerprint density at radius 2 is 2.19 bits per heavy atom. The molecule has 2 rings (SSSR count). The molecule has 2 heterocycles. The van der Waals surface area contributed by atoms with Crippen LogP contribution in [-0.2, 0) is 6.54 Å². The van der Waals surface area contributed by atoms with Crippen molar-refractivity contribution in [3.63, 3.8) is 0 Å². The molecular weight excluding hydrogens is 288 g/mol. The number of nitrogens with two attached hydrogens (primary N) is 1. The lowest BCUT2D eigenvalue weighted by Gasteiger charge is -2.06. The molecule has 0 saturated heterocycles. The maximum atomic E-state index is 12.0. The predicted molar refractivity (Wildman–Crippen MR) is 82.1 cm³/mol. The summed E-state index contributed by atoms with van der Waals surface area (Å²) >= 11 is 4.83. The molecule has 0 saturated carbocycles. The number of hydrogen-bond donors (Lipinski definition) is 2. The van der Waals surface area contributed by atoms with Gasteiger partial charge in [0.1, 0.15) is 10.7 Å². The molecule has 3 N–H and O–H groups in total. The Kier molecular flexibility index (Phi) is 4.78. The zero-order chi connectivity index (χ0) is 15.2. The van der Waals surface area contributed by atoms with Gasteiger partial charge in [0.15, 0.2) is 0 Å². The minimum absolute atomic E-state index is 0.248. The molecule has 108 valence electrons. The minimum Gasteiger partial charge on any atom is -0.481 e. The number of rotatable bonds is 5. The third-order valence-electron chi connectivity index (χ3n) is 2.74. The summed E-state index contributed by atoms with van der Waals surface area (Å²) < 4.78 is 5.02. The molecule has 2 aromatic rings. The topological polar surface area (TPSA) is 90.1 Å². The fourth-order valence-electron chi connectivity index (χ4n) is 1.62.